The zero-order valence-corrected chi connectivity index (χ0v) is 15.5. The minimum Gasteiger partial charge on any atom is -0.455 e. The van der Waals surface area contributed by atoms with Crippen LogP contribution in [0, 0.1) is 10.1 Å². The number of non-ortho nitro benzene ring substituents is 1. The first-order valence-corrected chi connectivity index (χ1v) is 9.30. The van der Waals surface area contributed by atoms with Gasteiger partial charge in [-0.1, -0.05) is 23.5 Å². The summed E-state index contributed by atoms with van der Waals surface area (Å²) in [6.07, 6.45) is 3.19. The van der Waals surface area contributed by atoms with E-state index in [2.05, 4.69) is 15.5 Å². The highest BCUT2D eigenvalue weighted by molar-refractivity contribution is 7.18. The predicted octanol–water partition coefficient (Wildman–Crippen LogP) is 4.64. The molecule has 29 heavy (non-hydrogen) atoms. The molecule has 2 aromatic carbocycles. The van der Waals surface area contributed by atoms with Crippen LogP contribution >= 0.6 is 11.3 Å². The van der Waals surface area contributed by atoms with Gasteiger partial charge in [-0.2, -0.15) is 5.10 Å². The number of ether oxygens (including phenoxy) is 2. The number of hydrogen-bond donors (Lipinski definition) is 1. The Morgan fingerprint density at radius 3 is 2.93 bits per heavy atom. The van der Waals surface area contributed by atoms with Gasteiger partial charge in [0.15, 0.2) is 11.5 Å². The standard InChI is InChI=1S/C19H12N4O5S/c24-23(25)13-3-1-2-11(4-13)8-21-22-19-20-9-18(29-19)17-6-12-5-15-16(27-10-26-15)7-14(12)28-17/h1-9H,10H2,(H,20,22). The highest BCUT2D eigenvalue weighted by Gasteiger charge is 2.17. The zero-order valence-electron chi connectivity index (χ0n) is 14.7. The third-order valence-corrected chi connectivity index (χ3v) is 5.13. The van der Waals surface area contributed by atoms with Crippen LogP contribution in [-0.2, 0) is 0 Å². The molecule has 3 heterocycles. The van der Waals surface area contributed by atoms with E-state index in [0.29, 0.717) is 33.5 Å². The van der Waals surface area contributed by atoms with E-state index in [1.54, 1.807) is 18.3 Å². The van der Waals surface area contributed by atoms with Crippen molar-refractivity contribution in [1.29, 1.82) is 0 Å². The summed E-state index contributed by atoms with van der Waals surface area (Å²) >= 11 is 1.37. The number of anilines is 1. The van der Waals surface area contributed by atoms with E-state index in [9.17, 15) is 10.1 Å². The van der Waals surface area contributed by atoms with Crippen LogP contribution in [0.15, 0.2) is 58.2 Å². The van der Waals surface area contributed by atoms with E-state index < -0.39 is 4.92 Å². The van der Waals surface area contributed by atoms with Crippen LogP contribution in [0.1, 0.15) is 5.56 Å². The molecule has 4 aromatic rings. The van der Waals surface area contributed by atoms with Crippen LogP contribution in [0.5, 0.6) is 11.5 Å². The smallest absolute Gasteiger partial charge is 0.270 e. The molecule has 9 nitrogen and oxygen atoms in total. The second-order valence-electron chi connectivity index (χ2n) is 6.11. The fourth-order valence-corrected chi connectivity index (χ4v) is 3.59. The molecule has 2 aromatic heterocycles. The summed E-state index contributed by atoms with van der Waals surface area (Å²) in [5.41, 5.74) is 4.15. The number of nitro benzene ring substituents is 1. The largest absolute Gasteiger partial charge is 0.455 e. The maximum Gasteiger partial charge on any atom is 0.270 e. The Kier molecular flexibility index (Phi) is 4.10. The molecule has 1 aliphatic rings. The number of nitrogens with zero attached hydrogens (tertiary/aromatic N) is 3. The minimum atomic E-state index is -0.446. The second-order valence-corrected chi connectivity index (χ2v) is 7.14. The molecule has 0 unspecified atom stereocenters. The molecule has 0 spiro atoms. The van der Waals surface area contributed by atoms with Crippen molar-refractivity contribution in [2.24, 2.45) is 5.10 Å². The van der Waals surface area contributed by atoms with Crippen molar-refractivity contribution in [3.8, 4) is 22.1 Å². The minimum absolute atomic E-state index is 0.0112. The maximum atomic E-state index is 10.8. The van der Waals surface area contributed by atoms with E-state index in [1.165, 1.54) is 29.7 Å². The van der Waals surface area contributed by atoms with Gasteiger partial charge in [0, 0.05) is 29.1 Å². The molecular formula is C19H12N4O5S. The first kappa shape index (κ1) is 17.2. The third kappa shape index (κ3) is 3.36. The number of benzene rings is 2. The zero-order chi connectivity index (χ0) is 19.8. The van der Waals surface area contributed by atoms with Crippen LogP contribution in [0.25, 0.3) is 21.6 Å². The molecule has 0 bridgehead atoms. The van der Waals surface area contributed by atoms with Gasteiger partial charge in [-0.05, 0) is 12.1 Å². The van der Waals surface area contributed by atoms with Crippen molar-refractivity contribution in [2.45, 2.75) is 0 Å². The SMILES string of the molecule is O=[N+]([O-])c1cccc(C=NNc2ncc(-c3cc4cc5c(cc4o3)OCO5)s2)c1. The molecule has 10 heteroatoms. The molecule has 1 N–H and O–H groups in total. The van der Waals surface area contributed by atoms with Crippen LogP contribution in [0.2, 0.25) is 0 Å². The predicted molar refractivity (Wildman–Crippen MR) is 108 cm³/mol. The van der Waals surface area contributed by atoms with Crippen LogP contribution < -0.4 is 14.9 Å². The summed E-state index contributed by atoms with van der Waals surface area (Å²) in [7, 11) is 0. The van der Waals surface area contributed by atoms with Crippen molar-refractivity contribution in [1.82, 2.24) is 4.98 Å². The number of hydrogen-bond acceptors (Lipinski definition) is 9. The monoisotopic (exact) mass is 408 g/mol. The first-order chi connectivity index (χ1) is 14.2. The molecule has 0 radical (unpaired) electrons. The van der Waals surface area contributed by atoms with Gasteiger partial charge in [0.1, 0.15) is 11.3 Å². The van der Waals surface area contributed by atoms with Gasteiger partial charge in [-0.25, -0.2) is 4.98 Å². The van der Waals surface area contributed by atoms with E-state index in [4.69, 9.17) is 13.9 Å². The maximum absolute atomic E-state index is 10.8. The molecule has 0 saturated carbocycles. The average molecular weight is 408 g/mol. The lowest BCUT2D eigenvalue weighted by atomic mass is 10.2. The molecule has 0 aliphatic carbocycles. The van der Waals surface area contributed by atoms with Crippen molar-refractivity contribution in [2.75, 3.05) is 12.2 Å². The number of furan rings is 1. The fourth-order valence-electron chi connectivity index (χ4n) is 2.87. The normalized spacial score (nSPS) is 12.7. The molecular weight excluding hydrogens is 396 g/mol. The molecule has 0 amide bonds. The number of rotatable bonds is 5. The lowest BCUT2D eigenvalue weighted by molar-refractivity contribution is -0.384. The van der Waals surface area contributed by atoms with Gasteiger partial charge in [0.2, 0.25) is 11.9 Å². The van der Waals surface area contributed by atoms with Crippen LogP contribution in [0.3, 0.4) is 0 Å². The molecule has 5 rings (SSSR count). The Bertz CT molecular complexity index is 1220. The number of nitrogens with one attached hydrogen (secondary N) is 1. The molecule has 0 fully saturated rings. The highest BCUT2D eigenvalue weighted by Crippen LogP contribution is 2.40. The lowest BCUT2D eigenvalue weighted by Gasteiger charge is -1.95. The first-order valence-electron chi connectivity index (χ1n) is 8.49. The molecule has 1 aliphatic heterocycles. The number of fused-ring (bicyclic) bond motifs is 2. The second kappa shape index (κ2) is 6.91. The summed E-state index contributed by atoms with van der Waals surface area (Å²) < 4.78 is 16.7. The van der Waals surface area contributed by atoms with E-state index in [0.717, 1.165) is 10.3 Å². The van der Waals surface area contributed by atoms with Crippen molar-refractivity contribution in [3.05, 3.63) is 64.3 Å². The summed E-state index contributed by atoms with van der Waals surface area (Å²) in [5.74, 6) is 2.05. The van der Waals surface area contributed by atoms with Gasteiger partial charge in [0.05, 0.1) is 22.2 Å². The Morgan fingerprint density at radius 2 is 2.07 bits per heavy atom. The van der Waals surface area contributed by atoms with Crippen LogP contribution in [-0.4, -0.2) is 22.9 Å². The van der Waals surface area contributed by atoms with E-state index in [-0.39, 0.29) is 12.5 Å². The summed E-state index contributed by atoms with van der Waals surface area (Å²) in [5, 5.41) is 16.4. The van der Waals surface area contributed by atoms with Gasteiger partial charge < -0.3 is 13.9 Å². The third-order valence-electron chi connectivity index (χ3n) is 4.21. The average Bonchev–Trinajstić information content (AvgIpc) is 3.45. The number of aromatic nitrogens is 1. The highest BCUT2D eigenvalue weighted by atomic mass is 32.1. The van der Waals surface area contributed by atoms with Gasteiger partial charge in [-0.3, -0.25) is 15.5 Å². The molecule has 144 valence electrons. The van der Waals surface area contributed by atoms with Gasteiger partial charge in [0.25, 0.3) is 5.69 Å². The van der Waals surface area contributed by atoms with Gasteiger partial charge >= 0.3 is 0 Å². The topological polar surface area (TPSA) is 112 Å². The van der Waals surface area contributed by atoms with Crippen molar-refractivity contribution < 1.29 is 18.8 Å². The van der Waals surface area contributed by atoms with Crippen LogP contribution in [0.4, 0.5) is 10.8 Å². The Labute approximate surface area is 167 Å². The summed E-state index contributed by atoms with van der Waals surface area (Å²) in [6.45, 7) is 0.218. The number of thiazole rings is 1. The molecule has 0 atom stereocenters. The van der Waals surface area contributed by atoms with E-state index >= 15 is 0 Å². The Balaban J connectivity index is 1.32. The number of nitro groups is 1. The van der Waals surface area contributed by atoms with Crippen molar-refractivity contribution in [3.63, 3.8) is 0 Å². The van der Waals surface area contributed by atoms with E-state index in [1.807, 2.05) is 18.2 Å². The number of hydrazone groups is 1. The summed E-state index contributed by atoms with van der Waals surface area (Å²) in [6, 6.07) is 11.8. The van der Waals surface area contributed by atoms with Crippen molar-refractivity contribution >= 4 is 39.3 Å². The quantitative estimate of drug-likeness (QED) is 0.291. The van der Waals surface area contributed by atoms with Gasteiger partial charge in [-0.15, -0.1) is 0 Å². The molecule has 0 saturated heterocycles. The Hall–Kier alpha value is -3.92. The Morgan fingerprint density at radius 1 is 1.21 bits per heavy atom. The summed E-state index contributed by atoms with van der Waals surface area (Å²) in [4.78, 5) is 15.5. The lowest BCUT2D eigenvalue weighted by Crippen LogP contribution is -1.92. The fraction of sp³-hybridized carbons (Fsp3) is 0.0526.